The van der Waals surface area contributed by atoms with E-state index in [0.29, 0.717) is 25.7 Å². The lowest BCUT2D eigenvalue weighted by atomic mass is 9.81. The van der Waals surface area contributed by atoms with Crippen molar-refractivity contribution in [2.75, 3.05) is 24.2 Å². The summed E-state index contributed by atoms with van der Waals surface area (Å²) in [5.41, 5.74) is 1.78. The van der Waals surface area contributed by atoms with Crippen LogP contribution in [0.4, 0.5) is 5.82 Å². The predicted molar refractivity (Wildman–Crippen MR) is 105 cm³/mol. The van der Waals surface area contributed by atoms with Crippen LogP contribution in [0.5, 0.6) is 0 Å². The van der Waals surface area contributed by atoms with Crippen molar-refractivity contribution in [3.8, 4) is 0 Å². The summed E-state index contributed by atoms with van der Waals surface area (Å²) in [6.07, 6.45) is 8.65. The van der Waals surface area contributed by atoms with Gasteiger partial charge >= 0.3 is 0 Å². The summed E-state index contributed by atoms with van der Waals surface area (Å²) in [5, 5.41) is 0.992. The number of H-pyrrole nitrogens is 1. The molecule has 0 saturated heterocycles. The molecule has 1 fully saturated rings. The fourth-order valence-corrected chi connectivity index (χ4v) is 6.03. The molecular formula is C18H23N7O2S. The number of hydrogen-bond acceptors (Lipinski definition) is 6. The highest BCUT2D eigenvalue weighted by Crippen LogP contribution is 2.36. The van der Waals surface area contributed by atoms with Gasteiger partial charge in [0.2, 0.25) is 10.0 Å². The second-order valence-electron chi connectivity index (χ2n) is 7.73. The molecule has 0 radical (unpaired) electrons. The van der Waals surface area contributed by atoms with Gasteiger partial charge in [-0.1, -0.05) is 0 Å². The average molecular weight is 401 g/mol. The van der Waals surface area contributed by atoms with Crippen LogP contribution in [0.1, 0.15) is 18.5 Å². The van der Waals surface area contributed by atoms with Crippen molar-refractivity contribution in [1.29, 1.82) is 0 Å². The first kappa shape index (κ1) is 17.6. The van der Waals surface area contributed by atoms with Crippen LogP contribution in [-0.2, 0) is 23.1 Å². The van der Waals surface area contributed by atoms with Gasteiger partial charge in [0, 0.05) is 38.6 Å². The van der Waals surface area contributed by atoms with Crippen molar-refractivity contribution in [2.24, 2.45) is 5.92 Å². The second-order valence-corrected chi connectivity index (χ2v) is 9.74. The van der Waals surface area contributed by atoms with Gasteiger partial charge in [-0.15, -0.1) is 0 Å². The van der Waals surface area contributed by atoms with Gasteiger partial charge in [-0.3, -0.25) is 0 Å². The molecule has 0 bridgehead atoms. The Labute approximate surface area is 163 Å². The molecule has 2 aliphatic rings. The summed E-state index contributed by atoms with van der Waals surface area (Å²) in [4.78, 5) is 18.0. The molecule has 1 aliphatic carbocycles. The Balaban J connectivity index is 1.22. The van der Waals surface area contributed by atoms with Crippen molar-refractivity contribution in [3.63, 3.8) is 0 Å². The van der Waals surface area contributed by atoms with Crippen molar-refractivity contribution in [3.05, 3.63) is 36.8 Å². The molecule has 4 heterocycles. The Bertz CT molecular complexity index is 1100. The number of aromatic amines is 1. The number of anilines is 1. The molecule has 3 aromatic heterocycles. The van der Waals surface area contributed by atoms with Gasteiger partial charge in [-0.2, -0.15) is 4.31 Å². The number of rotatable bonds is 5. The maximum atomic E-state index is 12.9. The first-order valence-electron chi connectivity index (χ1n) is 9.49. The predicted octanol–water partition coefficient (Wildman–Crippen LogP) is 1.21. The third kappa shape index (κ3) is 2.96. The van der Waals surface area contributed by atoms with Crippen LogP contribution < -0.4 is 4.90 Å². The van der Waals surface area contributed by atoms with Crippen molar-refractivity contribution < 1.29 is 8.42 Å². The fourth-order valence-electron chi connectivity index (χ4n) is 4.27. The smallest absolute Gasteiger partial charge is 0.214 e. The quantitative estimate of drug-likeness (QED) is 0.690. The Morgan fingerprint density at radius 1 is 1.29 bits per heavy atom. The molecule has 0 amide bonds. The number of fused-ring (bicyclic) bond motifs is 2. The van der Waals surface area contributed by atoms with Crippen molar-refractivity contribution in [1.82, 2.24) is 28.8 Å². The number of aromatic nitrogens is 5. The summed E-state index contributed by atoms with van der Waals surface area (Å²) < 4.78 is 29.4. The Hall–Kier alpha value is -2.46. The fraction of sp³-hybridized carbons (Fsp3) is 0.500. The Kier molecular flexibility index (Phi) is 4.13. The summed E-state index contributed by atoms with van der Waals surface area (Å²) in [5.74, 6) is 1.30. The second kappa shape index (κ2) is 6.56. The van der Waals surface area contributed by atoms with E-state index >= 15 is 0 Å². The first-order valence-corrected chi connectivity index (χ1v) is 11.1. The minimum atomic E-state index is -3.26. The summed E-state index contributed by atoms with van der Waals surface area (Å²) in [7, 11) is -1.24. The van der Waals surface area contributed by atoms with Crippen LogP contribution >= 0.6 is 0 Å². The molecule has 1 N–H and O–H groups in total. The van der Waals surface area contributed by atoms with Crippen LogP contribution in [-0.4, -0.2) is 62.6 Å². The monoisotopic (exact) mass is 401 g/mol. The van der Waals surface area contributed by atoms with E-state index in [2.05, 4.69) is 24.8 Å². The van der Waals surface area contributed by atoms with Crippen LogP contribution in [0.15, 0.2) is 31.1 Å². The molecule has 3 aromatic rings. The molecule has 148 valence electrons. The lowest BCUT2D eigenvalue weighted by Crippen LogP contribution is -2.47. The lowest BCUT2D eigenvalue weighted by molar-refractivity contribution is 0.273. The van der Waals surface area contributed by atoms with E-state index in [4.69, 9.17) is 0 Å². The van der Waals surface area contributed by atoms with E-state index in [9.17, 15) is 8.42 Å². The van der Waals surface area contributed by atoms with Crippen molar-refractivity contribution >= 4 is 26.9 Å². The molecule has 5 rings (SSSR count). The van der Waals surface area contributed by atoms with Crippen LogP contribution in [0, 0.1) is 5.92 Å². The van der Waals surface area contributed by atoms with E-state index < -0.39 is 10.0 Å². The molecule has 10 heteroatoms. The zero-order chi connectivity index (χ0) is 19.3. The number of hydrogen-bond donors (Lipinski definition) is 1. The zero-order valence-electron chi connectivity index (χ0n) is 15.7. The van der Waals surface area contributed by atoms with Crippen molar-refractivity contribution in [2.45, 2.75) is 32.0 Å². The maximum absolute atomic E-state index is 12.9. The summed E-state index contributed by atoms with van der Waals surface area (Å²) in [6.45, 7) is 1.61. The van der Waals surface area contributed by atoms with Gasteiger partial charge in [-0.05, 0) is 24.8 Å². The van der Waals surface area contributed by atoms with Gasteiger partial charge in [0.05, 0.1) is 29.7 Å². The highest BCUT2D eigenvalue weighted by Gasteiger charge is 2.38. The first-order chi connectivity index (χ1) is 13.5. The molecule has 0 atom stereocenters. The number of nitrogens with one attached hydrogen (secondary N) is 1. The van der Waals surface area contributed by atoms with E-state index in [-0.39, 0.29) is 11.7 Å². The number of sulfonamides is 1. The molecule has 28 heavy (non-hydrogen) atoms. The number of nitrogens with zero attached hydrogens (tertiary/aromatic N) is 6. The zero-order valence-corrected chi connectivity index (χ0v) is 16.5. The van der Waals surface area contributed by atoms with E-state index in [1.165, 1.54) is 0 Å². The molecule has 1 aliphatic heterocycles. The molecule has 1 saturated carbocycles. The minimum Gasteiger partial charge on any atom is -0.356 e. The molecule has 0 aromatic carbocycles. The maximum Gasteiger partial charge on any atom is 0.214 e. The lowest BCUT2D eigenvalue weighted by Gasteiger charge is -2.42. The third-order valence-electron chi connectivity index (χ3n) is 5.99. The SMILES string of the molecule is CN(c1ncnc2[nH]ccc12)[C@H]1C[C@@H](CS(=O)(=O)N2CCn3cncc3C2)C1. The highest BCUT2D eigenvalue weighted by molar-refractivity contribution is 7.89. The molecular weight excluding hydrogens is 378 g/mol. The topological polar surface area (TPSA) is 100 Å². The average Bonchev–Trinajstić information content (AvgIpc) is 3.31. The molecule has 0 unspecified atom stereocenters. The van der Waals surface area contributed by atoms with Gasteiger partial charge in [0.15, 0.2) is 0 Å². The third-order valence-corrected chi connectivity index (χ3v) is 7.98. The van der Waals surface area contributed by atoms with Gasteiger partial charge in [0.1, 0.15) is 17.8 Å². The Morgan fingerprint density at radius 2 is 2.14 bits per heavy atom. The summed E-state index contributed by atoms with van der Waals surface area (Å²) >= 11 is 0. The summed E-state index contributed by atoms with van der Waals surface area (Å²) in [6, 6.07) is 2.28. The normalized spacial score (nSPS) is 22.8. The molecule has 9 nitrogen and oxygen atoms in total. The van der Waals surface area contributed by atoms with E-state index in [1.54, 1.807) is 23.2 Å². The van der Waals surface area contributed by atoms with Crippen LogP contribution in [0.25, 0.3) is 11.0 Å². The Morgan fingerprint density at radius 3 is 3.00 bits per heavy atom. The van der Waals surface area contributed by atoms with Crippen LogP contribution in [0.3, 0.4) is 0 Å². The highest BCUT2D eigenvalue weighted by atomic mass is 32.2. The van der Waals surface area contributed by atoms with Gasteiger partial charge < -0.3 is 14.5 Å². The number of imidazole rings is 1. The van der Waals surface area contributed by atoms with Gasteiger partial charge in [-0.25, -0.2) is 23.4 Å². The standard InChI is InChI=1S/C18H23N7O2S/c1-23(18-16-2-3-20-17(16)21-11-22-18)14-6-13(7-14)10-28(26,27)25-5-4-24-12-19-8-15(24)9-25/h2-3,8,11-14H,4-7,9-10H2,1H3,(H,20,21,22)/t13-,14+. The van der Waals surface area contributed by atoms with Gasteiger partial charge in [0.25, 0.3) is 0 Å². The largest absolute Gasteiger partial charge is 0.356 e. The molecule has 0 spiro atoms. The van der Waals surface area contributed by atoms with E-state index in [0.717, 1.165) is 35.4 Å². The van der Waals surface area contributed by atoms with E-state index in [1.807, 2.05) is 23.9 Å². The minimum absolute atomic E-state index is 0.188. The van der Waals surface area contributed by atoms with Crippen LogP contribution in [0.2, 0.25) is 0 Å².